The number of likely N-dealkylation sites (tertiary alicyclic amines) is 1. The Labute approximate surface area is 158 Å². The number of halogens is 2. The van der Waals surface area contributed by atoms with Gasteiger partial charge in [-0.05, 0) is 18.7 Å². The van der Waals surface area contributed by atoms with Crippen LogP contribution in [-0.4, -0.2) is 69.6 Å². The summed E-state index contributed by atoms with van der Waals surface area (Å²) < 4.78 is 0. The lowest BCUT2D eigenvalue weighted by Crippen LogP contribution is -2.64. The number of hydrogen-bond acceptors (Lipinski definition) is 7. The summed E-state index contributed by atoms with van der Waals surface area (Å²) in [7, 11) is -1.52. The van der Waals surface area contributed by atoms with Gasteiger partial charge < -0.3 is 37.3 Å². The molecular weight excluding hydrogens is 378 g/mol. The fraction of sp³-hybridized carbons (Fsp3) is 0.750. The largest absolute Gasteiger partial charge is 0.480 e. The highest BCUT2D eigenvalue weighted by Crippen LogP contribution is 2.28. The zero-order valence-electron chi connectivity index (χ0n) is 13.5. The molecule has 0 aromatic carbocycles. The van der Waals surface area contributed by atoms with Crippen molar-refractivity contribution in [1.29, 1.82) is 0 Å². The van der Waals surface area contributed by atoms with E-state index in [9.17, 15) is 19.5 Å². The number of rotatable bonds is 7. The molecule has 0 unspecified atom stereocenters. The molecule has 0 aliphatic carbocycles. The second-order valence-corrected chi connectivity index (χ2v) is 6.09. The average Bonchev–Trinajstić information content (AvgIpc) is 2.42. The normalized spacial score (nSPS) is 23.7. The molecule has 13 heteroatoms. The van der Waals surface area contributed by atoms with Crippen LogP contribution in [-0.2, 0) is 14.4 Å². The van der Waals surface area contributed by atoms with Gasteiger partial charge in [0, 0.05) is 13.1 Å². The molecular formula is C12H25BCl2N4O6. The van der Waals surface area contributed by atoms with E-state index in [0.29, 0.717) is 6.42 Å². The number of amides is 2. The molecule has 0 radical (unpaired) electrons. The zero-order chi connectivity index (χ0) is 17.8. The molecule has 3 atom stereocenters. The molecule has 0 aromatic heterocycles. The molecule has 10 nitrogen and oxygen atoms in total. The maximum absolute atomic E-state index is 12.3. The number of carbonyl (C=O) groups is 3. The monoisotopic (exact) mass is 402 g/mol. The number of nitrogens with two attached hydrogens (primary N) is 3. The first-order chi connectivity index (χ1) is 10.5. The predicted molar refractivity (Wildman–Crippen MR) is 95.1 cm³/mol. The lowest BCUT2D eigenvalue weighted by molar-refractivity contribution is -0.150. The van der Waals surface area contributed by atoms with Crippen molar-refractivity contribution in [3.63, 3.8) is 0 Å². The van der Waals surface area contributed by atoms with E-state index >= 15 is 0 Å². The van der Waals surface area contributed by atoms with Crippen molar-refractivity contribution in [2.45, 2.75) is 37.2 Å². The third-order valence-corrected chi connectivity index (χ3v) is 3.91. The zero-order valence-corrected chi connectivity index (χ0v) is 15.2. The van der Waals surface area contributed by atoms with Gasteiger partial charge in [0.1, 0.15) is 5.54 Å². The molecule has 0 aromatic rings. The number of carboxylic acid groups (broad SMARTS) is 1. The maximum atomic E-state index is 12.3. The Balaban J connectivity index is 0. The fourth-order valence-electron chi connectivity index (χ4n) is 2.80. The van der Waals surface area contributed by atoms with Gasteiger partial charge in [-0.1, -0.05) is 6.42 Å². The average molecular weight is 403 g/mol. The van der Waals surface area contributed by atoms with Crippen molar-refractivity contribution in [2.75, 3.05) is 13.1 Å². The molecule has 25 heavy (non-hydrogen) atoms. The van der Waals surface area contributed by atoms with Crippen molar-refractivity contribution >= 4 is 49.7 Å². The van der Waals surface area contributed by atoms with Crippen molar-refractivity contribution in [2.24, 2.45) is 23.1 Å². The van der Waals surface area contributed by atoms with Gasteiger partial charge >= 0.3 is 13.1 Å². The van der Waals surface area contributed by atoms with Crippen LogP contribution in [0.3, 0.4) is 0 Å². The lowest BCUT2D eigenvalue weighted by atomic mass is 9.75. The lowest BCUT2D eigenvalue weighted by Gasteiger charge is -2.42. The Morgan fingerprint density at radius 2 is 1.84 bits per heavy atom. The molecule has 1 aliphatic heterocycles. The number of primary amides is 1. The predicted octanol–water partition coefficient (Wildman–Crippen LogP) is -2.47. The summed E-state index contributed by atoms with van der Waals surface area (Å²) in [4.78, 5) is 35.8. The van der Waals surface area contributed by atoms with Gasteiger partial charge in [0.15, 0.2) is 0 Å². The molecule has 146 valence electrons. The van der Waals surface area contributed by atoms with E-state index in [1.807, 2.05) is 0 Å². The summed E-state index contributed by atoms with van der Waals surface area (Å²) in [5.74, 6) is -2.92. The molecule has 1 rings (SSSR count). The van der Waals surface area contributed by atoms with Gasteiger partial charge in [0.05, 0.1) is 12.5 Å². The van der Waals surface area contributed by atoms with Crippen LogP contribution in [0, 0.1) is 5.92 Å². The molecule has 1 fully saturated rings. The number of carbonyl (C=O) groups excluding carboxylic acids is 2. The van der Waals surface area contributed by atoms with Crippen molar-refractivity contribution < 1.29 is 29.5 Å². The quantitative estimate of drug-likeness (QED) is 0.252. The first-order valence-electron chi connectivity index (χ1n) is 7.26. The van der Waals surface area contributed by atoms with E-state index in [-0.39, 0.29) is 63.0 Å². The summed E-state index contributed by atoms with van der Waals surface area (Å²) in [5.41, 5.74) is 14.9. The van der Waals surface area contributed by atoms with Gasteiger partial charge in [-0.25, -0.2) is 0 Å². The van der Waals surface area contributed by atoms with Gasteiger partial charge in [-0.2, -0.15) is 0 Å². The Morgan fingerprint density at radius 3 is 2.28 bits per heavy atom. The van der Waals surface area contributed by atoms with Crippen LogP contribution >= 0.6 is 24.8 Å². The number of piperidine rings is 1. The molecule has 1 heterocycles. The summed E-state index contributed by atoms with van der Waals surface area (Å²) >= 11 is 0. The summed E-state index contributed by atoms with van der Waals surface area (Å²) in [6, 6.07) is -1.16. The van der Waals surface area contributed by atoms with E-state index in [1.54, 1.807) is 0 Å². The Kier molecular flexibility index (Phi) is 11.3. The van der Waals surface area contributed by atoms with Crippen LogP contribution in [0.1, 0.15) is 19.3 Å². The summed E-state index contributed by atoms with van der Waals surface area (Å²) in [6.45, 7) is -0.0456. The highest BCUT2D eigenvalue weighted by atomic mass is 35.5. The first kappa shape index (κ1) is 26.1. The molecule has 1 saturated heterocycles. The van der Waals surface area contributed by atoms with Crippen LogP contribution in [0.4, 0.5) is 0 Å². The summed E-state index contributed by atoms with van der Waals surface area (Å²) in [6.07, 6.45) is 0.0817. The SMILES string of the molecule is Cl.Cl.NC(=O)C[C@H](N)C(=O)N1C[C@@H](CCB(O)O)C[C@](N)(C(=O)O)C1. The van der Waals surface area contributed by atoms with Crippen molar-refractivity contribution in [3.05, 3.63) is 0 Å². The van der Waals surface area contributed by atoms with E-state index in [1.165, 1.54) is 4.90 Å². The standard InChI is InChI=1S/C12H23BN4O6.2ClH/c14-8(3-9(15)18)10(19)17-5-7(1-2-13(22)23)4-12(16,6-17)11(20)21;;/h7-8,22-23H,1-6,14,16H2,(H2,15,18)(H,20,21);2*1H/t7-,8-,12+;;/m0../s1. The van der Waals surface area contributed by atoms with Crippen LogP contribution < -0.4 is 17.2 Å². The van der Waals surface area contributed by atoms with E-state index in [0.717, 1.165) is 0 Å². The minimum absolute atomic E-state index is 0. The Bertz CT molecular complexity index is 487. The Hall–Kier alpha value is -1.11. The van der Waals surface area contributed by atoms with E-state index < -0.39 is 36.5 Å². The minimum atomic E-state index is -1.65. The number of hydrogen-bond donors (Lipinski definition) is 6. The highest BCUT2D eigenvalue weighted by molar-refractivity contribution is 6.40. The third kappa shape index (κ3) is 7.76. The maximum Gasteiger partial charge on any atom is 0.451 e. The fourth-order valence-corrected chi connectivity index (χ4v) is 2.80. The third-order valence-electron chi connectivity index (χ3n) is 3.91. The smallest absolute Gasteiger partial charge is 0.451 e. The topological polar surface area (TPSA) is 193 Å². The van der Waals surface area contributed by atoms with Gasteiger partial charge in [0.25, 0.3) is 0 Å². The molecule has 9 N–H and O–H groups in total. The first-order valence-corrected chi connectivity index (χ1v) is 7.26. The number of nitrogens with zero attached hydrogens (tertiary/aromatic N) is 1. The van der Waals surface area contributed by atoms with Crippen LogP contribution in [0.25, 0.3) is 0 Å². The molecule has 2 amide bonds. The summed E-state index contributed by atoms with van der Waals surface area (Å²) in [5, 5.41) is 27.2. The highest BCUT2D eigenvalue weighted by Gasteiger charge is 2.44. The van der Waals surface area contributed by atoms with Crippen molar-refractivity contribution in [3.8, 4) is 0 Å². The molecule has 0 bridgehead atoms. The van der Waals surface area contributed by atoms with Gasteiger partial charge in [-0.15, -0.1) is 24.8 Å². The van der Waals surface area contributed by atoms with Crippen LogP contribution in [0.2, 0.25) is 6.32 Å². The van der Waals surface area contributed by atoms with E-state index in [2.05, 4.69) is 0 Å². The molecule has 0 saturated carbocycles. The minimum Gasteiger partial charge on any atom is -0.480 e. The van der Waals surface area contributed by atoms with Gasteiger partial charge in [0.2, 0.25) is 11.8 Å². The Morgan fingerprint density at radius 1 is 1.28 bits per heavy atom. The second kappa shape index (κ2) is 10.8. The van der Waals surface area contributed by atoms with E-state index in [4.69, 9.17) is 27.2 Å². The second-order valence-electron chi connectivity index (χ2n) is 6.09. The van der Waals surface area contributed by atoms with Crippen LogP contribution in [0.5, 0.6) is 0 Å². The number of aliphatic carboxylic acids is 1. The molecule has 0 spiro atoms. The van der Waals surface area contributed by atoms with Crippen LogP contribution in [0.15, 0.2) is 0 Å². The number of carboxylic acids is 1. The van der Waals surface area contributed by atoms with Crippen molar-refractivity contribution in [1.82, 2.24) is 4.90 Å². The van der Waals surface area contributed by atoms with Gasteiger partial charge in [-0.3, -0.25) is 14.4 Å². The molecule has 1 aliphatic rings.